The monoisotopic (exact) mass is 422 g/mol. The number of nitro groups is 1. The van der Waals surface area contributed by atoms with Crippen LogP contribution in [-0.4, -0.2) is 64.8 Å². The molecule has 0 atom stereocenters. The number of methoxy groups -OCH3 is 1. The summed E-state index contributed by atoms with van der Waals surface area (Å²) in [4.78, 5) is 25.1. The Morgan fingerprint density at radius 2 is 2.14 bits per heavy atom. The number of benzene rings is 1. The molecule has 12 heteroatoms. The smallest absolute Gasteiger partial charge is 0.296 e. The van der Waals surface area contributed by atoms with Gasteiger partial charge in [0.05, 0.1) is 37.1 Å². The third-order valence-corrected chi connectivity index (χ3v) is 5.28. The first kappa shape index (κ1) is 20.9. The van der Waals surface area contributed by atoms with Crippen LogP contribution >= 0.6 is 11.8 Å². The number of anilines is 2. The molecule has 156 valence electrons. The Kier molecular flexibility index (Phi) is 6.88. The van der Waals surface area contributed by atoms with Crippen LogP contribution in [0.4, 0.5) is 17.3 Å². The minimum absolute atomic E-state index is 0.0461. The topological polar surface area (TPSA) is 125 Å². The summed E-state index contributed by atoms with van der Waals surface area (Å²) in [6.45, 7) is 5.41. The molecule has 2 aromatic rings. The van der Waals surface area contributed by atoms with Crippen molar-refractivity contribution in [2.24, 2.45) is 0 Å². The summed E-state index contributed by atoms with van der Waals surface area (Å²) in [6.07, 6.45) is 0. The fraction of sp³-hybridized carbons (Fsp3) is 0.471. The lowest BCUT2D eigenvalue weighted by Gasteiger charge is -2.27. The fourth-order valence-corrected chi connectivity index (χ4v) is 3.67. The number of hydrogen-bond acceptors (Lipinski definition) is 9. The summed E-state index contributed by atoms with van der Waals surface area (Å²) >= 11 is 1.23. The molecule has 0 bridgehead atoms. The molecule has 0 radical (unpaired) electrons. The van der Waals surface area contributed by atoms with Crippen molar-refractivity contribution in [1.82, 2.24) is 14.8 Å². The first-order chi connectivity index (χ1) is 14.0. The maximum absolute atomic E-state index is 12.4. The first-order valence-corrected chi connectivity index (χ1v) is 10.0. The second kappa shape index (κ2) is 9.56. The Balaban J connectivity index is 1.65. The highest BCUT2D eigenvalue weighted by atomic mass is 32.2. The van der Waals surface area contributed by atoms with Gasteiger partial charge < -0.3 is 19.7 Å². The van der Waals surface area contributed by atoms with Crippen LogP contribution in [-0.2, 0) is 16.1 Å². The third kappa shape index (κ3) is 4.95. The van der Waals surface area contributed by atoms with E-state index in [9.17, 15) is 14.9 Å². The van der Waals surface area contributed by atoms with Crippen LogP contribution in [0.5, 0.6) is 5.75 Å². The van der Waals surface area contributed by atoms with E-state index in [1.165, 1.54) is 31.0 Å². The highest BCUT2D eigenvalue weighted by Gasteiger charge is 2.21. The summed E-state index contributed by atoms with van der Waals surface area (Å²) in [6, 6.07) is 4.27. The summed E-state index contributed by atoms with van der Waals surface area (Å²) in [7, 11) is 1.42. The van der Waals surface area contributed by atoms with Gasteiger partial charge in [0, 0.05) is 19.6 Å². The van der Waals surface area contributed by atoms with Gasteiger partial charge in [0.2, 0.25) is 11.9 Å². The molecule has 0 aliphatic carbocycles. The van der Waals surface area contributed by atoms with Gasteiger partial charge in [-0.25, -0.2) is 0 Å². The van der Waals surface area contributed by atoms with E-state index in [1.807, 2.05) is 11.5 Å². The molecule has 0 saturated carbocycles. The number of nitrogens with one attached hydrogen (secondary N) is 1. The number of morpholine rings is 1. The molecule has 1 fully saturated rings. The molecule has 1 amide bonds. The van der Waals surface area contributed by atoms with E-state index in [2.05, 4.69) is 20.4 Å². The Morgan fingerprint density at radius 3 is 2.79 bits per heavy atom. The van der Waals surface area contributed by atoms with E-state index in [-0.39, 0.29) is 23.0 Å². The van der Waals surface area contributed by atoms with E-state index in [4.69, 9.17) is 9.47 Å². The van der Waals surface area contributed by atoms with Gasteiger partial charge in [-0.2, -0.15) is 0 Å². The molecule has 1 aliphatic heterocycles. The maximum atomic E-state index is 12.4. The predicted molar refractivity (Wildman–Crippen MR) is 108 cm³/mol. The zero-order valence-corrected chi connectivity index (χ0v) is 17.0. The molecule has 3 rings (SSSR count). The number of amides is 1. The quantitative estimate of drug-likeness (QED) is 0.385. The number of nitrogens with zero attached hydrogens (tertiary/aromatic N) is 5. The maximum Gasteiger partial charge on any atom is 0.296 e. The number of carbonyl (C=O) groups excluding carboxylic acids is 1. The van der Waals surface area contributed by atoms with Crippen molar-refractivity contribution in [2.45, 2.75) is 18.6 Å². The third-order valence-electron chi connectivity index (χ3n) is 4.32. The van der Waals surface area contributed by atoms with Gasteiger partial charge in [0.1, 0.15) is 11.4 Å². The van der Waals surface area contributed by atoms with Crippen molar-refractivity contribution in [2.75, 3.05) is 49.4 Å². The van der Waals surface area contributed by atoms with Crippen LogP contribution < -0.4 is 15.0 Å². The Morgan fingerprint density at radius 1 is 1.38 bits per heavy atom. The molecule has 0 spiro atoms. The average molecular weight is 422 g/mol. The standard InChI is InChI=1S/C17H22N6O5S/c1-3-22-16(21-6-8-28-9-7-21)19-20-17(22)29-11-15(24)18-13-5-4-12(27-2)10-14(13)23(25)26/h4-5,10H,3,6-9,11H2,1-2H3,(H,18,24). The number of thioether (sulfide) groups is 1. The summed E-state index contributed by atoms with van der Waals surface area (Å²) < 4.78 is 12.3. The van der Waals surface area contributed by atoms with Gasteiger partial charge in [-0.3, -0.25) is 19.5 Å². The number of hydrogen-bond donors (Lipinski definition) is 1. The zero-order chi connectivity index (χ0) is 20.8. The molecule has 0 unspecified atom stereocenters. The Hall–Kier alpha value is -2.86. The lowest BCUT2D eigenvalue weighted by atomic mass is 10.2. The van der Waals surface area contributed by atoms with Crippen LogP contribution in [0.2, 0.25) is 0 Å². The van der Waals surface area contributed by atoms with E-state index in [0.29, 0.717) is 30.7 Å². The SMILES string of the molecule is CCn1c(SCC(=O)Nc2ccc(OC)cc2[N+](=O)[O-])nnc1N1CCOCC1. The first-order valence-electron chi connectivity index (χ1n) is 9.04. The van der Waals surface area contributed by atoms with E-state index >= 15 is 0 Å². The highest BCUT2D eigenvalue weighted by Crippen LogP contribution is 2.29. The van der Waals surface area contributed by atoms with E-state index < -0.39 is 4.92 Å². The number of nitro benzene ring substituents is 1. The van der Waals surface area contributed by atoms with Gasteiger partial charge in [-0.05, 0) is 19.1 Å². The molecular formula is C17H22N6O5S. The normalized spacial score (nSPS) is 13.9. The lowest BCUT2D eigenvalue weighted by Crippen LogP contribution is -2.38. The van der Waals surface area contributed by atoms with Gasteiger partial charge in [0.25, 0.3) is 5.69 Å². The average Bonchev–Trinajstić information content (AvgIpc) is 3.16. The van der Waals surface area contributed by atoms with Crippen molar-refractivity contribution in [3.05, 3.63) is 28.3 Å². The van der Waals surface area contributed by atoms with Crippen molar-refractivity contribution < 1.29 is 19.2 Å². The van der Waals surface area contributed by atoms with Crippen molar-refractivity contribution >= 4 is 35.0 Å². The van der Waals surface area contributed by atoms with Crippen LogP contribution in [0, 0.1) is 10.1 Å². The molecule has 11 nitrogen and oxygen atoms in total. The molecule has 1 aliphatic rings. The van der Waals surface area contributed by atoms with Crippen LogP contribution in [0.3, 0.4) is 0 Å². The Labute approximate surface area is 171 Å². The van der Waals surface area contributed by atoms with Crippen LogP contribution in [0.1, 0.15) is 6.92 Å². The molecule has 1 aromatic carbocycles. The molecule has 1 aromatic heterocycles. The fourth-order valence-electron chi connectivity index (χ4n) is 2.87. The van der Waals surface area contributed by atoms with E-state index in [0.717, 1.165) is 19.0 Å². The van der Waals surface area contributed by atoms with Gasteiger partial charge in [0.15, 0.2) is 5.16 Å². The number of ether oxygens (including phenoxy) is 2. The predicted octanol–water partition coefficient (Wildman–Crippen LogP) is 1.78. The number of carbonyl (C=O) groups is 1. The minimum atomic E-state index is -0.562. The number of rotatable bonds is 8. The highest BCUT2D eigenvalue weighted by molar-refractivity contribution is 7.99. The second-order valence-corrected chi connectivity index (χ2v) is 7.05. The molecular weight excluding hydrogens is 400 g/mol. The minimum Gasteiger partial charge on any atom is -0.496 e. The largest absolute Gasteiger partial charge is 0.496 e. The van der Waals surface area contributed by atoms with Crippen molar-refractivity contribution in [3.63, 3.8) is 0 Å². The molecule has 1 N–H and O–H groups in total. The Bertz CT molecular complexity index is 883. The lowest BCUT2D eigenvalue weighted by molar-refractivity contribution is -0.384. The van der Waals surface area contributed by atoms with Crippen LogP contribution in [0.15, 0.2) is 23.4 Å². The summed E-state index contributed by atoms with van der Waals surface area (Å²) in [5.41, 5.74) is -0.110. The van der Waals surface area contributed by atoms with Gasteiger partial charge >= 0.3 is 0 Å². The molecule has 2 heterocycles. The van der Waals surface area contributed by atoms with Crippen LogP contribution in [0.25, 0.3) is 0 Å². The summed E-state index contributed by atoms with van der Waals surface area (Å²) in [5, 5.41) is 22.9. The summed E-state index contributed by atoms with van der Waals surface area (Å²) in [5.74, 6) is 0.770. The second-order valence-electron chi connectivity index (χ2n) is 6.10. The van der Waals surface area contributed by atoms with E-state index in [1.54, 1.807) is 6.07 Å². The molecule has 29 heavy (non-hydrogen) atoms. The van der Waals surface area contributed by atoms with Gasteiger partial charge in [-0.1, -0.05) is 11.8 Å². The molecule has 1 saturated heterocycles. The zero-order valence-electron chi connectivity index (χ0n) is 16.2. The number of aromatic nitrogens is 3. The van der Waals surface area contributed by atoms with Gasteiger partial charge in [-0.15, -0.1) is 10.2 Å². The van der Waals surface area contributed by atoms with Crippen molar-refractivity contribution in [1.29, 1.82) is 0 Å². The van der Waals surface area contributed by atoms with Crippen molar-refractivity contribution in [3.8, 4) is 5.75 Å².